The number of nitrogens with zero attached hydrogens (tertiary/aromatic N) is 2. The lowest BCUT2D eigenvalue weighted by Crippen LogP contribution is -2.12. The van der Waals surface area contributed by atoms with Crippen molar-refractivity contribution in [2.24, 2.45) is 0 Å². The van der Waals surface area contributed by atoms with Gasteiger partial charge in [0.15, 0.2) is 0 Å². The van der Waals surface area contributed by atoms with Crippen molar-refractivity contribution < 1.29 is 18.0 Å². The van der Waals surface area contributed by atoms with Gasteiger partial charge in [-0.15, -0.1) is 0 Å². The number of rotatable bonds is 5. The molecule has 0 fully saturated rings. The first-order valence-electron chi connectivity index (χ1n) is 7.98. The molecule has 1 heterocycles. The van der Waals surface area contributed by atoms with Gasteiger partial charge in [-0.25, -0.2) is 4.68 Å². The van der Waals surface area contributed by atoms with E-state index in [2.05, 4.69) is 10.4 Å². The number of anilines is 1. The highest BCUT2D eigenvalue weighted by atomic mass is 19.4. The van der Waals surface area contributed by atoms with Crippen molar-refractivity contribution >= 4 is 11.6 Å². The third-order valence-electron chi connectivity index (χ3n) is 3.79. The predicted octanol–water partition coefficient (Wildman–Crippen LogP) is 4.46. The molecule has 2 aromatic carbocycles. The van der Waals surface area contributed by atoms with Crippen molar-refractivity contribution in [2.75, 3.05) is 5.32 Å². The maximum atomic E-state index is 12.5. The van der Waals surface area contributed by atoms with Crippen LogP contribution in [0.3, 0.4) is 0 Å². The first-order valence-corrected chi connectivity index (χ1v) is 7.98. The average molecular weight is 359 g/mol. The minimum atomic E-state index is -4.39. The molecule has 0 radical (unpaired) electrons. The Bertz CT molecular complexity index is 871. The van der Waals surface area contributed by atoms with Crippen molar-refractivity contribution in [3.8, 4) is 5.69 Å². The molecule has 0 saturated heterocycles. The summed E-state index contributed by atoms with van der Waals surface area (Å²) in [5, 5.41) is 6.86. The van der Waals surface area contributed by atoms with Crippen molar-refractivity contribution in [2.45, 2.75) is 19.0 Å². The SMILES string of the molecule is O=C(CCc1cnn(-c2ccccc2)c1)Nc1ccc(C(F)(F)F)cc1. The number of aromatic nitrogens is 2. The zero-order valence-corrected chi connectivity index (χ0v) is 13.7. The van der Waals surface area contributed by atoms with Gasteiger partial charge < -0.3 is 5.32 Å². The fraction of sp³-hybridized carbons (Fsp3) is 0.158. The Balaban J connectivity index is 1.54. The number of benzene rings is 2. The molecule has 4 nitrogen and oxygen atoms in total. The van der Waals surface area contributed by atoms with Crippen LogP contribution < -0.4 is 5.32 Å². The maximum Gasteiger partial charge on any atom is 0.416 e. The smallest absolute Gasteiger partial charge is 0.326 e. The van der Waals surface area contributed by atoms with E-state index >= 15 is 0 Å². The van der Waals surface area contributed by atoms with E-state index in [1.54, 1.807) is 10.9 Å². The highest BCUT2D eigenvalue weighted by Gasteiger charge is 2.29. The monoisotopic (exact) mass is 359 g/mol. The van der Waals surface area contributed by atoms with Crippen LogP contribution in [0.15, 0.2) is 67.0 Å². The molecule has 26 heavy (non-hydrogen) atoms. The lowest BCUT2D eigenvalue weighted by Gasteiger charge is -2.08. The van der Waals surface area contributed by atoms with Crippen LogP contribution in [0, 0.1) is 0 Å². The molecule has 0 unspecified atom stereocenters. The molecule has 134 valence electrons. The van der Waals surface area contributed by atoms with Crippen molar-refractivity contribution in [1.29, 1.82) is 0 Å². The molecule has 0 bridgehead atoms. The van der Waals surface area contributed by atoms with Gasteiger partial charge in [0.1, 0.15) is 0 Å². The van der Waals surface area contributed by atoms with Crippen LogP contribution in [0.5, 0.6) is 0 Å². The standard InChI is InChI=1S/C19H16F3N3O/c20-19(21,22)15-7-9-16(10-8-15)24-18(26)11-6-14-12-23-25(13-14)17-4-2-1-3-5-17/h1-5,7-10,12-13H,6,11H2,(H,24,26). The first-order chi connectivity index (χ1) is 12.4. The van der Waals surface area contributed by atoms with E-state index < -0.39 is 11.7 Å². The zero-order valence-electron chi connectivity index (χ0n) is 13.7. The molecule has 0 spiro atoms. The number of para-hydroxylation sites is 1. The van der Waals surface area contributed by atoms with Gasteiger partial charge in [-0.3, -0.25) is 4.79 Å². The fourth-order valence-corrected chi connectivity index (χ4v) is 2.44. The Hall–Kier alpha value is -3.09. The van der Waals surface area contributed by atoms with E-state index in [0.717, 1.165) is 23.4 Å². The van der Waals surface area contributed by atoms with Gasteiger partial charge in [-0.2, -0.15) is 18.3 Å². The number of hydrogen-bond donors (Lipinski definition) is 1. The van der Waals surface area contributed by atoms with Crippen LogP contribution in [0.25, 0.3) is 5.69 Å². The van der Waals surface area contributed by atoms with Gasteiger partial charge in [0.05, 0.1) is 17.4 Å². The number of carbonyl (C=O) groups is 1. The Morgan fingerprint density at radius 2 is 1.73 bits per heavy atom. The molecule has 1 aromatic heterocycles. The molecule has 3 aromatic rings. The number of aryl methyl sites for hydroxylation is 1. The highest BCUT2D eigenvalue weighted by Crippen LogP contribution is 2.29. The Morgan fingerprint density at radius 3 is 2.38 bits per heavy atom. The lowest BCUT2D eigenvalue weighted by molar-refractivity contribution is -0.137. The molecule has 1 amide bonds. The molecule has 0 aliphatic heterocycles. The zero-order chi connectivity index (χ0) is 18.6. The number of hydrogen-bond acceptors (Lipinski definition) is 2. The van der Waals surface area contributed by atoms with Crippen molar-refractivity contribution in [3.05, 3.63) is 78.1 Å². The summed E-state index contributed by atoms with van der Waals surface area (Å²) in [5.41, 5.74) is 1.41. The van der Waals surface area contributed by atoms with Crippen LogP contribution in [-0.2, 0) is 17.4 Å². The Labute approximate surface area is 148 Å². The van der Waals surface area contributed by atoms with Crippen LogP contribution >= 0.6 is 0 Å². The van der Waals surface area contributed by atoms with E-state index in [4.69, 9.17) is 0 Å². The van der Waals surface area contributed by atoms with Gasteiger partial charge in [0, 0.05) is 18.3 Å². The summed E-state index contributed by atoms with van der Waals surface area (Å²) in [6.07, 6.45) is -0.151. The van der Waals surface area contributed by atoms with E-state index in [9.17, 15) is 18.0 Å². The van der Waals surface area contributed by atoms with Crippen LogP contribution in [-0.4, -0.2) is 15.7 Å². The molecule has 0 saturated carbocycles. The number of halogens is 3. The molecule has 3 rings (SSSR count). The van der Waals surface area contributed by atoms with Crippen molar-refractivity contribution in [3.63, 3.8) is 0 Å². The van der Waals surface area contributed by atoms with Gasteiger partial charge in [-0.05, 0) is 48.4 Å². The second-order valence-electron chi connectivity index (χ2n) is 5.75. The molecule has 1 N–H and O–H groups in total. The lowest BCUT2D eigenvalue weighted by atomic mass is 10.1. The second kappa shape index (κ2) is 7.43. The molecule has 0 atom stereocenters. The van der Waals surface area contributed by atoms with E-state index in [-0.39, 0.29) is 12.3 Å². The Kier molecular flexibility index (Phi) is 5.06. The summed E-state index contributed by atoms with van der Waals surface area (Å²) >= 11 is 0. The average Bonchev–Trinajstić information content (AvgIpc) is 3.09. The minimum Gasteiger partial charge on any atom is -0.326 e. The topological polar surface area (TPSA) is 46.9 Å². The summed E-state index contributed by atoms with van der Waals surface area (Å²) in [4.78, 5) is 12.0. The van der Waals surface area contributed by atoms with Gasteiger partial charge in [0.25, 0.3) is 0 Å². The second-order valence-corrected chi connectivity index (χ2v) is 5.75. The van der Waals surface area contributed by atoms with E-state index in [1.807, 2.05) is 36.5 Å². The largest absolute Gasteiger partial charge is 0.416 e. The van der Waals surface area contributed by atoms with Gasteiger partial charge in [0.2, 0.25) is 5.91 Å². The van der Waals surface area contributed by atoms with Crippen LogP contribution in [0.4, 0.5) is 18.9 Å². The first kappa shape index (κ1) is 17.7. The number of nitrogens with one attached hydrogen (secondary N) is 1. The number of alkyl halides is 3. The third kappa shape index (κ3) is 4.50. The normalized spacial score (nSPS) is 11.3. The summed E-state index contributed by atoms with van der Waals surface area (Å²) in [6.45, 7) is 0. The van der Waals surface area contributed by atoms with Crippen molar-refractivity contribution in [1.82, 2.24) is 9.78 Å². The number of carbonyl (C=O) groups excluding carboxylic acids is 1. The summed E-state index contributed by atoms with van der Waals surface area (Å²) in [5.74, 6) is -0.266. The highest BCUT2D eigenvalue weighted by molar-refractivity contribution is 5.90. The van der Waals surface area contributed by atoms with Gasteiger partial charge >= 0.3 is 6.18 Å². The number of amides is 1. The van der Waals surface area contributed by atoms with E-state index in [1.165, 1.54) is 12.1 Å². The fourth-order valence-electron chi connectivity index (χ4n) is 2.44. The van der Waals surface area contributed by atoms with Crippen LogP contribution in [0.2, 0.25) is 0 Å². The summed E-state index contributed by atoms with van der Waals surface area (Å²) in [7, 11) is 0. The molecule has 7 heteroatoms. The summed E-state index contributed by atoms with van der Waals surface area (Å²) in [6, 6.07) is 14.0. The quantitative estimate of drug-likeness (QED) is 0.731. The molecule has 0 aliphatic rings. The molecular formula is C19H16F3N3O. The predicted molar refractivity (Wildman–Crippen MR) is 92.0 cm³/mol. The molecule has 0 aliphatic carbocycles. The van der Waals surface area contributed by atoms with Gasteiger partial charge in [-0.1, -0.05) is 18.2 Å². The van der Waals surface area contributed by atoms with E-state index in [0.29, 0.717) is 12.1 Å². The summed E-state index contributed by atoms with van der Waals surface area (Å²) < 4.78 is 39.3. The minimum absolute atomic E-state index is 0.210. The molecular weight excluding hydrogens is 343 g/mol. The van der Waals surface area contributed by atoms with Crippen LogP contribution in [0.1, 0.15) is 17.5 Å². The maximum absolute atomic E-state index is 12.5. The Morgan fingerprint density at radius 1 is 1.04 bits per heavy atom. The third-order valence-corrected chi connectivity index (χ3v) is 3.79.